The fourth-order valence-electron chi connectivity index (χ4n) is 5.48. The van der Waals surface area contributed by atoms with Gasteiger partial charge in [-0.05, 0) is 87.2 Å². The summed E-state index contributed by atoms with van der Waals surface area (Å²) in [6.45, 7) is 16.2. The number of tetrazole rings is 1. The van der Waals surface area contributed by atoms with Crippen LogP contribution in [0.3, 0.4) is 0 Å². The molecule has 0 saturated heterocycles. The molecule has 6 nitrogen and oxygen atoms in total. The molecule has 3 aromatic rings. The number of amides is 1. The van der Waals surface area contributed by atoms with Crippen LogP contribution in [0.25, 0.3) is 11.6 Å². The van der Waals surface area contributed by atoms with Gasteiger partial charge in [-0.15, -0.1) is 5.10 Å². The standard InChI is InChI=1S/C28H35N5O/c1-17(2)12-21-14-23-24(28(6,7)16-27(23,4)5)15-22(21)18(3)13-19-8-10-20(11-9-19)25(34)29-26-30-32-33-31-26/h8-11,13-15,17H,12,16H2,1-7H3,(H2,29,30,31,32,33,34)/b18-13+. The quantitative estimate of drug-likeness (QED) is 0.434. The lowest BCUT2D eigenvalue weighted by atomic mass is 9.82. The first-order valence-corrected chi connectivity index (χ1v) is 12.0. The molecular formula is C28H35N5O. The zero-order chi connectivity index (χ0) is 24.7. The molecule has 1 amide bonds. The fourth-order valence-corrected chi connectivity index (χ4v) is 5.48. The van der Waals surface area contributed by atoms with E-state index >= 15 is 0 Å². The molecule has 0 saturated carbocycles. The number of hydrogen-bond donors (Lipinski definition) is 2. The number of nitrogens with one attached hydrogen (secondary N) is 2. The Kier molecular flexibility index (Phi) is 6.19. The van der Waals surface area contributed by atoms with Crippen LogP contribution in [0.2, 0.25) is 0 Å². The second-order valence-corrected chi connectivity index (χ2v) is 11.2. The summed E-state index contributed by atoms with van der Waals surface area (Å²) in [5.41, 5.74) is 8.93. The van der Waals surface area contributed by atoms with E-state index in [0.717, 1.165) is 18.4 Å². The minimum atomic E-state index is -0.267. The molecule has 0 aliphatic heterocycles. The monoisotopic (exact) mass is 457 g/mol. The van der Waals surface area contributed by atoms with Crippen molar-refractivity contribution in [1.29, 1.82) is 0 Å². The highest BCUT2D eigenvalue weighted by Gasteiger charge is 2.42. The van der Waals surface area contributed by atoms with E-state index in [1.165, 1.54) is 27.8 Å². The molecule has 0 fully saturated rings. The molecule has 0 spiro atoms. The number of fused-ring (bicyclic) bond motifs is 1. The van der Waals surface area contributed by atoms with Crippen LogP contribution < -0.4 is 5.32 Å². The minimum absolute atomic E-state index is 0.158. The van der Waals surface area contributed by atoms with Crippen molar-refractivity contribution < 1.29 is 4.79 Å². The van der Waals surface area contributed by atoms with Crippen LogP contribution in [0.15, 0.2) is 36.4 Å². The van der Waals surface area contributed by atoms with Gasteiger partial charge in [0.1, 0.15) is 0 Å². The number of anilines is 1. The lowest BCUT2D eigenvalue weighted by Crippen LogP contribution is -2.18. The van der Waals surface area contributed by atoms with Crippen molar-refractivity contribution in [2.24, 2.45) is 5.92 Å². The summed E-state index contributed by atoms with van der Waals surface area (Å²) in [7, 11) is 0. The third-order valence-corrected chi connectivity index (χ3v) is 6.77. The smallest absolute Gasteiger partial charge is 0.270 e. The molecule has 1 aromatic heterocycles. The van der Waals surface area contributed by atoms with Gasteiger partial charge in [0.25, 0.3) is 11.9 Å². The van der Waals surface area contributed by atoms with Gasteiger partial charge in [-0.2, -0.15) is 5.21 Å². The number of aromatic nitrogens is 4. The zero-order valence-electron chi connectivity index (χ0n) is 21.3. The average Bonchev–Trinajstić information content (AvgIpc) is 3.31. The van der Waals surface area contributed by atoms with E-state index in [2.05, 4.69) is 92.6 Å². The molecule has 0 atom stereocenters. The van der Waals surface area contributed by atoms with Crippen molar-refractivity contribution in [1.82, 2.24) is 20.6 Å². The lowest BCUT2D eigenvalue weighted by molar-refractivity contribution is 0.102. The molecule has 1 aliphatic carbocycles. The number of allylic oxidation sites excluding steroid dienone is 1. The number of aromatic amines is 1. The van der Waals surface area contributed by atoms with E-state index in [4.69, 9.17) is 0 Å². The first-order valence-electron chi connectivity index (χ1n) is 12.0. The third kappa shape index (κ3) is 4.81. The average molecular weight is 458 g/mol. The van der Waals surface area contributed by atoms with Crippen LogP contribution in [0, 0.1) is 5.92 Å². The van der Waals surface area contributed by atoms with Crippen LogP contribution in [0.5, 0.6) is 0 Å². The molecule has 4 rings (SSSR count). The zero-order valence-corrected chi connectivity index (χ0v) is 21.3. The van der Waals surface area contributed by atoms with E-state index in [-0.39, 0.29) is 22.7 Å². The number of carbonyl (C=O) groups is 1. The highest BCUT2D eigenvalue weighted by molar-refractivity contribution is 6.03. The maximum Gasteiger partial charge on any atom is 0.270 e. The van der Waals surface area contributed by atoms with Gasteiger partial charge in [0, 0.05) is 5.56 Å². The Morgan fingerprint density at radius 1 is 1.09 bits per heavy atom. The molecule has 34 heavy (non-hydrogen) atoms. The van der Waals surface area contributed by atoms with Crippen molar-refractivity contribution >= 4 is 23.5 Å². The van der Waals surface area contributed by atoms with Gasteiger partial charge in [-0.3, -0.25) is 10.1 Å². The predicted octanol–water partition coefficient (Wildman–Crippen LogP) is 6.17. The van der Waals surface area contributed by atoms with Crippen LogP contribution >= 0.6 is 0 Å². The first-order chi connectivity index (χ1) is 16.0. The maximum absolute atomic E-state index is 12.4. The van der Waals surface area contributed by atoms with Gasteiger partial charge in [-0.25, -0.2) is 0 Å². The molecule has 0 radical (unpaired) electrons. The van der Waals surface area contributed by atoms with Crippen LogP contribution in [0.1, 0.15) is 93.1 Å². The summed E-state index contributed by atoms with van der Waals surface area (Å²) in [6, 6.07) is 12.5. The molecule has 1 heterocycles. The topological polar surface area (TPSA) is 83.6 Å². The highest BCUT2D eigenvalue weighted by Crippen LogP contribution is 2.50. The minimum Gasteiger partial charge on any atom is -0.288 e. The number of H-pyrrole nitrogens is 1. The Hall–Kier alpha value is -3.28. The molecule has 0 bridgehead atoms. The van der Waals surface area contributed by atoms with E-state index in [1.54, 1.807) is 0 Å². The summed E-state index contributed by atoms with van der Waals surface area (Å²) in [5, 5.41) is 15.9. The Balaban J connectivity index is 1.66. The van der Waals surface area contributed by atoms with Crippen molar-refractivity contribution in [2.45, 2.75) is 72.1 Å². The van der Waals surface area contributed by atoms with Gasteiger partial charge in [0.15, 0.2) is 0 Å². The van der Waals surface area contributed by atoms with Crippen molar-refractivity contribution in [3.8, 4) is 0 Å². The second-order valence-electron chi connectivity index (χ2n) is 11.2. The second kappa shape index (κ2) is 8.82. The predicted molar refractivity (Wildman–Crippen MR) is 138 cm³/mol. The molecule has 0 unspecified atom stereocenters. The summed E-state index contributed by atoms with van der Waals surface area (Å²) in [6.07, 6.45) is 4.43. The number of benzene rings is 2. The normalized spacial score (nSPS) is 16.5. The van der Waals surface area contributed by atoms with Crippen molar-refractivity contribution in [2.75, 3.05) is 5.32 Å². The molecule has 1 aliphatic rings. The van der Waals surface area contributed by atoms with Gasteiger partial charge >= 0.3 is 0 Å². The number of nitrogens with zero attached hydrogens (tertiary/aromatic N) is 3. The van der Waals surface area contributed by atoms with Crippen LogP contribution in [-0.4, -0.2) is 26.5 Å². The maximum atomic E-state index is 12.4. The highest BCUT2D eigenvalue weighted by atomic mass is 16.1. The van der Waals surface area contributed by atoms with Crippen LogP contribution in [0.4, 0.5) is 5.95 Å². The number of carbonyl (C=O) groups excluding carboxylic acids is 1. The molecular weight excluding hydrogens is 422 g/mol. The van der Waals surface area contributed by atoms with Crippen LogP contribution in [-0.2, 0) is 17.3 Å². The van der Waals surface area contributed by atoms with Crippen molar-refractivity contribution in [3.05, 3.63) is 69.8 Å². The number of hydrogen-bond acceptors (Lipinski definition) is 4. The Morgan fingerprint density at radius 2 is 1.74 bits per heavy atom. The lowest BCUT2D eigenvalue weighted by Gasteiger charge is -2.22. The summed E-state index contributed by atoms with van der Waals surface area (Å²) >= 11 is 0. The van der Waals surface area contributed by atoms with E-state index in [1.807, 2.05) is 24.3 Å². The molecule has 2 aromatic carbocycles. The van der Waals surface area contributed by atoms with E-state index in [9.17, 15) is 4.79 Å². The number of rotatable bonds is 6. The summed E-state index contributed by atoms with van der Waals surface area (Å²) in [5.74, 6) is 0.473. The third-order valence-electron chi connectivity index (χ3n) is 6.77. The molecule has 2 N–H and O–H groups in total. The molecule has 6 heteroatoms. The van der Waals surface area contributed by atoms with Gasteiger partial charge in [-0.1, -0.05) is 77.0 Å². The molecule has 178 valence electrons. The SMILES string of the molecule is C/C(=C\c1ccc(C(=O)Nc2nn[nH]n2)cc1)c1cc2c(cc1CC(C)C)C(C)(C)CC2(C)C. The Bertz CT molecular complexity index is 1220. The van der Waals surface area contributed by atoms with Gasteiger partial charge in [0.2, 0.25) is 0 Å². The van der Waals surface area contributed by atoms with Gasteiger partial charge in [0.05, 0.1) is 0 Å². The largest absolute Gasteiger partial charge is 0.288 e. The van der Waals surface area contributed by atoms with E-state index in [0.29, 0.717) is 11.5 Å². The first kappa shape index (κ1) is 23.9. The summed E-state index contributed by atoms with van der Waals surface area (Å²) in [4.78, 5) is 12.4. The summed E-state index contributed by atoms with van der Waals surface area (Å²) < 4.78 is 0. The van der Waals surface area contributed by atoms with Gasteiger partial charge < -0.3 is 0 Å². The fraction of sp³-hybridized carbons (Fsp3) is 0.429. The Morgan fingerprint density at radius 3 is 2.32 bits per heavy atom. The van der Waals surface area contributed by atoms with E-state index < -0.39 is 0 Å². The Labute approximate surface area is 202 Å². The van der Waals surface area contributed by atoms with Crippen molar-refractivity contribution in [3.63, 3.8) is 0 Å².